The molecule has 2 heteroatoms. The molecule has 0 atom stereocenters. The molecule has 76 valence electrons. The zero-order chi connectivity index (χ0) is 10.5. The van der Waals surface area contributed by atoms with Gasteiger partial charge in [-0.15, -0.1) is 11.3 Å². The molecule has 0 unspecified atom stereocenters. The monoisotopic (exact) mass is 223 g/mol. The number of H-pyrrole nitrogens is 1. The van der Waals surface area contributed by atoms with Crippen LogP contribution in [0.15, 0.2) is 48.7 Å². The van der Waals surface area contributed by atoms with Gasteiger partial charge in [-0.2, -0.15) is 0 Å². The topological polar surface area (TPSA) is 15.8 Å². The molecule has 0 aliphatic carbocycles. The van der Waals surface area contributed by atoms with E-state index in [9.17, 15) is 0 Å². The maximum Gasteiger partial charge on any atom is 0.0643 e. The highest BCUT2D eigenvalue weighted by Gasteiger charge is 2.06. The highest BCUT2D eigenvalue weighted by Crippen LogP contribution is 2.35. The van der Waals surface area contributed by atoms with Crippen LogP contribution in [0.1, 0.15) is 0 Å². The molecule has 0 amide bonds. The van der Waals surface area contributed by atoms with Crippen LogP contribution in [-0.2, 0) is 0 Å². The van der Waals surface area contributed by atoms with Gasteiger partial charge in [0.15, 0.2) is 0 Å². The number of hydrogen-bond donors (Lipinski definition) is 1. The van der Waals surface area contributed by atoms with Crippen LogP contribution in [0.25, 0.3) is 31.1 Å². The average Bonchev–Trinajstić information content (AvgIpc) is 2.86. The number of fused-ring (bicyclic) bond motifs is 4. The van der Waals surface area contributed by atoms with E-state index in [2.05, 4.69) is 47.4 Å². The van der Waals surface area contributed by atoms with Crippen LogP contribution in [-0.4, -0.2) is 4.98 Å². The van der Waals surface area contributed by atoms with E-state index in [0.717, 1.165) is 0 Å². The van der Waals surface area contributed by atoms with Crippen molar-refractivity contribution in [2.75, 3.05) is 0 Å². The Labute approximate surface area is 96.3 Å². The molecule has 4 aromatic rings. The van der Waals surface area contributed by atoms with Crippen molar-refractivity contribution in [3.8, 4) is 0 Å². The molecule has 2 aromatic heterocycles. The normalized spacial score (nSPS) is 11.8. The summed E-state index contributed by atoms with van der Waals surface area (Å²) in [5.41, 5.74) is 1.27. The van der Waals surface area contributed by atoms with Crippen molar-refractivity contribution in [2.45, 2.75) is 0 Å². The van der Waals surface area contributed by atoms with Gasteiger partial charge >= 0.3 is 0 Å². The molecule has 0 saturated carbocycles. The van der Waals surface area contributed by atoms with Crippen LogP contribution in [0.2, 0.25) is 0 Å². The number of nitrogens with one attached hydrogen (secondary N) is 1. The third-order valence-electron chi connectivity index (χ3n) is 3.05. The first-order chi connectivity index (χ1) is 7.92. The molecule has 4 rings (SSSR count). The molecule has 0 aliphatic heterocycles. The fourth-order valence-corrected chi connectivity index (χ4v) is 3.37. The highest BCUT2D eigenvalue weighted by atomic mass is 32.1. The first-order valence-electron chi connectivity index (χ1n) is 5.30. The van der Waals surface area contributed by atoms with Crippen molar-refractivity contribution in [3.63, 3.8) is 0 Å². The van der Waals surface area contributed by atoms with Gasteiger partial charge in [-0.25, -0.2) is 0 Å². The minimum Gasteiger partial charge on any atom is -0.360 e. The number of hydrogen-bond acceptors (Lipinski definition) is 1. The number of aromatic nitrogens is 1. The van der Waals surface area contributed by atoms with Crippen LogP contribution in [0.5, 0.6) is 0 Å². The summed E-state index contributed by atoms with van der Waals surface area (Å²) >= 11 is 1.85. The molecule has 0 fully saturated rings. The first kappa shape index (κ1) is 8.36. The lowest BCUT2D eigenvalue weighted by Gasteiger charge is -1.97. The predicted molar refractivity (Wildman–Crippen MR) is 71.2 cm³/mol. The Hall–Kier alpha value is -1.80. The number of rotatable bonds is 0. The van der Waals surface area contributed by atoms with Gasteiger partial charge in [-0.1, -0.05) is 24.3 Å². The van der Waals surface area contributed by atoms with Crippen LogP contribution < -0.4 is 0 Å². The Morgan fingerprint density at radius 1 is 0.875 bits per heavy atom. The predicted octanol–water partition coefficient (Wildman–Crippen LogP) is 4.54. The second-order valence-electron chi connectivity index (χ2n) is 4.01. The average molecular weight is 223 g/mol. The standard InChI is InChI=1S/C14H9NS/c1-2-4-10-8-13-11(7-9(10)3-1)14-12(16-13)5-6-15-14/h1-8,15H. The molecule has 16 heavy (non-hydrogen) atoms. The zero-order valence-corrected chi connectivity index (χ0v) is 9.34. The number of thiophene rings is 1. The fourth-order valence-electron chi connectivity index (χ4n) is 2.27. The SMILES string of the molecule is c1ccc2cc3c(cc2c1)sc1cc[nH]c13. The number of benzene rings is 2. The van der Waals surface area contributed by atoms with Gasteiger partial charge in [0, 0.05) is 16.3 Å². The van der Waals surface area contributed by atoms with E-state index in [-0.39, 0.29) is 0 Å². The Morgan fingerprint density at radius 3 is 2.56 bits per heavy atom. The first-order valence-corrected chi connectivity index (χ1v) is 6.12. The van der Waals surface area contributed by atoms with Crippen LogP contribution in [0, 0.1) is 0 Å². The molecule has 0 spiro atoms. The summed E-state index contributed by atoms with van der Waals surface area (Å²) in [4.78, 5) is 3.32. The molecule has 1 N–H and O–H groups in total. The van der Waals surface area contributed by atoms with E-state index in [0.29, 0.717) is 0 Å². The van der Waals surface area contributed by atoms with E-state index >= 15 is 0 Å². The van der Waals surface area contributed by atoms with Crippen molar-refractivity contribution >= 4 is 42.4 Å². The van der Waals surface area contributed by atoms with Crippen molar-refractivity contribution in [2.24, 2.45) is 0 Å². The Balaban J connectivity index is 2.30. The second-order valence-corrected chi connectivity index (χ2v) is 5.10. The lowest BCUT2D eigenvalue weighted by atomic mass is 10.1. The third-order valence-corrected chi connectivity index (χ3v) is 4.16. The molecule has 2 heterocycles. The van der Waals surface area contributed by atoms with E-state index in [1.807, 2.05) is 17.5 Å². The maximum absolute atomic E-state index is 3.32. The summed E-state index contributed by atoms with van der Waals surface area (Å²) < 4.78 is 2.70. The zero-order valence-electron chi connectivity index (χ0n) is 8.53. The van der Waals surface area contributed by atoms with Gasteiger partial charge in [-0.05, 0) is 29.0 Å². The maximum atomic E-state index is 3.32. The summed E-state index contributed by atoms with van der Waals surface area (Å²) in [6.45, 7) is 0. The van der Waals surface area contributed by atoms with Gasteiger partial charge in [0.1, 0.15) is 0 Å². The van der Waals surface area contributed by atoms with Crippen molar-refractivity contribution in [1.82, 2.24) is 4.98 Å². The molecular weight excluding hydrogens is 214 g/mol. The van der Waals surface area contributed by atoms with Gasteiger partial charge in [-0.3, -0.25) is 0 Å². The second kappa shape index (κ2) is 2.86. The van der Waals surface area contributed by atoms with Gasteiger partial charge in [0.2, 0.25) is 0 Å². The van der Waals surface area contributed by atoms with Crippen molar-refractivity contribution < 1.29 is 0 Å². The third kappa shape index (κ3) is 0.996. The van der Waals surface area contributed by atoms with E-state index < -0.39 is 0 Å². The molecular formula is C14H9NS. The Morgan fingerprint density at radius 2 is 1.69 bits per heavy atom. The largest absolute Gasteiger partial charge is 0.360 e. The lowest BCUT2D eigenvalue weighted by molar-refractivity contribution is 1.49. The molecule has 0 saturated heterocycles. The molecule has 0 radical (unpaired) electrons. The summed E-state index contributed by atoms with van der Waals surface area (Å²) in [6, 6.07) is 15.2. The van der Waals surface area contributed by atoms with Gasteiger partial charge in [0.25, 0.3) is 0 Å². The van der Waals surface area contributed by atoms with E-state index in [1.165, 1.54) is 31.1 Å². The molecule has 1 nitrogen and oxygen atoms in total. The minimum atomic E-state index is 1.27. The Bertz CT molecular complexity index is 806. The van der Waals surface area contributed by atoms with E-state index in [1.54, 1.807) is 0 Å². The minimum absolute atomic E-state index is 1.27. The van der Waals surface area contributed by atoms with Crippen LogP contribution in [0.3, 0.4) is 0 Å². The summed E-state index contributed by atoms with van der Waals surface area (Å²) in [5, 5.41) is 3.96. The van der Waals surface area contributed by atoms with Crippen molar-refractivity contribution in [3.05, 3.63) is 48.7 Å². The molecule has 0 bridgehead atoms. The molecule has 2 aromatic carbocycles. The molecule has 0 aliphatic rings. The highest BCUT2D eigenvalue weighted by molar-refractivity contribution is 7.25. The number of aromatic amines is 1. The van der Waals surface area contributed by atoms with Crippen LogP contribution in [0.4, 0.5) is 0 Å². The quantitative estimate of drug-likeness (QED) is 0.450. The van der Waals surface area contributed by atoms with Gasteiger partial charge < -0.3 is 4.98 Å². The Kier molecular flexibility index (Phi) is 1.50. The van der Waals surface area contributed by atoms with Gasteiger partial charge in [0.05, 0.1) is 10.2 Å². The lowest BCUT2D eigenvalue weighted by Crippen LogP contribution is -1.71. The van der Waals surface area contributed by atoms with Crippen molar-refractivity contribution in [1.29, 1.82) is 0 Å². The smallest absolute Gasteiger partial charge is 0.0643 e. The summed E-state index contributed by atoms with van der Waals surface area (Å²) in [7, 11) is 0. The van der Waals surface area contributed by atoms with Crippen LogP contribution >= 0.6 is 11.3 Å². The summed E-state index contributed by atoms with van der Waals surface area (Å²) in [6.07, 6.45) is 2.01. The fraction of sp³-hybridized carbons (Fsp3) is 0. The van der Waals surface area contributed by atoms with E-state index in [4.69, 9.17) is 0 Å². The summed E-state index contributed by atoms with van der Waals surface area (Å²) in [5.74, 6) is 0.